The first-order valence-electron chi connectivity index (χ1n) is 10.8. The van der Waals surface area contributed by atoms with E-state index < -0.39 is 5.91 Å². The molecule has 176 valence electrons. The Morgan fingerprint density at radius 2 is 2.06 bits per heavy atom. The number of aromatic nitrogens is 5. The molecule has 0 radical (unpaired) electrons. The topological polar surface area (TPSA) is 157 Å². The summed E-state index contributed by atoms with van der Waals surface area (Å²) in [5.41, 5.74) is 7.44. The van der Waals surface area contributed by atoms with Crippen molar-refractivity contribution in [3.05, 3.63) is 71.4 Å². The monoisotopic (exact) mass is 462 g/mol. The number of carbonyl (C=O) groups is 1. The van der Waals surface area contributed by atoms with E-state index in [9.17, 15) is 4.79 Å². The third-order valence-electron chi connectivity index (χ3n) is 4.73. The normalized spacial score (nSPS) is 10.9. The number of carbonyl (C=O) groups excluding carboxylic acids is 1. The number of primary amides is 1. The summed E-state index contributed by atoms with van der Waals surface area (Å²) in [7, 11) is 0. The van der Waals surface area contributed by atoms with Crippen LogP contribution in [0.5, 0.6) is 5.75 Å². The van der Waals surface area contributed by atoms with Crippen LogP contribution in [0.25, 0.3) is 0 Å². The fraction of sp³-hybridized carbons (Fsp3) is 0.261. The largest absolute Gasteiger partial charge is 0.491 e. The van der Waals surface area contributed by atoms with Crippen LogP contribution < -0.4 is 21.1 Å². The fourth-order valence-electron chi connectivity index (χ4n) is 3.20. The zero-order valence-electron chi connectivity index (χ0n) is 18.9. The van der Waals surface area contributed by atoms with Crippen molar-refractivity contribution in [3.8, 4) is 5.75 Å². The van der Waals surface area contributed by atoms with Gasteiger partial charge in [0, 0.05) is 24.0 Å². The molecule has 3 heterocycles. The molecule has 11 heteroatoms. The first-order valence-corrected chi connectivity index (χ1v) is 10.8. The predicted octanol–water partition coefficient (Wildman–Crippen LogP) is 3.21. The highest BCUT2D eigenvalue weighted by Gasteiger charge is 2.10. The molecule has 0 fully saturated rings. The van der Waals surface area contributed by atoms with Crippen molar-refractivity contribution < 1.29 is 14.1 Å². The van der Waals surface area contributed by atoms with Gasteiger partial charge < -0.3 is 25.6 Å². The minimum Gasteiger partial charge on any atom is -0.491 e. The molecule has 0 spiro atoms. The molecule has 1 aromatic carbocycles. The molecule has 0 aliphatic carbocycles. The van der Waals surface area contributed by atoms with Crippen LogP contribution in [0, 0.1) is 0 Å². The number of benzene rings is 1. The Hall–Kier alpha value is -4.41. The van der Waals surface area contributed by atoms with E-state index in [1.54, 1.807) is 12.3 Å². The Morgan fingerprint density at radius 1 is 1.18 bits per heavy atom. The van der Waals surface area contributed by atoms with Gasteiger partial charge in [-0.2, -0.15) is 10.1 Å². The molecule has 0 aliphatic rings. The molecule has 1 amide bonds. The second-order valence-electron chi connectivity index (χ2n) is 7.88. The molecule has 11 nitrogen and oxygen atoms in total. The van der Waals surface area contributed by atoms with Gasteiger partial charge in [-0.15, -0.1) is 0 Å². The maximum atomic E-state index is 11.1. The molecule has 4 aromatic rings. The van der Waals surface area contributed by atoms with E-state index >= 15 is 0 Å². The van der Waals surface area contributed by atoms with Crippen molar-refractivity contribution >= 4 is 23.5 Å². The quantitative estimate of drug-likeness (QED) is 0.263. The highest BCUT2D eigenvalue weighted by molar-refractivity contribution is 5.90. The number of nitrogens with zero attached hydrogens (tertiary/aromatic N) is 4. The minimum atomic E-state index is -0.649. The van der Waals surface area contributed by atoms with Crippen molar-refractivity contribution in [1.29, 1.82) is 0 Å². The lowest BCUT2D eigenvalue weighted by molar-refractivity contribution is 0.0991. The lowest BCUT2D eigenvalue weighted by Crippen LogP contribution is -2.10. The number of anilines is 3. The molecule has 0 unspecified atom stereocenters. The Kier molecular flexibility index (Phi) is 7.01. The van der Waals surface area contributed by atoms with Crippen LogP contribution in [0.3, 0.4) is 0 Å². The lowest BCUT2D eigenvalue weighted by atomic mass is 10.1. The van der Waals surface area contributed by atoms with E-state index in [-0.39, 0.29) is 18.3 Å². The van der Waals surface area contributed by atoms with E-state index in [1.807, 2.05) is 32.0 Å². The van der Waals surface area contributed by atoms with Gasteiger partial charge in [-0.3, -0.25) is 9.89 Å². The summed E-state index contributed by atoms with van der Waals surface area (Å²) >= 11 is 0. The molecule has 34 heavy (non-hydrogen) atoms. The van der Waals surface area contributed by atoms with Crippen LogP contribution in [0.2, 0.25) is 0 Å². The molecule has 0 saturated carbocycles. The molecular weight excluding hydrogens is 436 g/mol. The van der Waals surface area contributed by atoms with Gasteiger partial charge in [0.15, 0.2) is 17.3 Å². The van der Waals surface area contributed by atoms with Gasteiger partial charge in [-0.25, -0.2) is 4.98 Å². The predicted molar refractivity (Wildman–Crippen MR) is 126 cm³/mol. The van der Waals surface area contributed by atoms with Gasteiger partial charge in [0.1, 0.15) is 11.6 Å². The summed E-state index contributed by atoms with van der Waals surface area (Å²) in [6.07, 6.45) is 3.43. The molecule has 0 bridgehead atoms. The number of hydrogen-bond acceptors (Lipinski definition) is 9. The van der Waals surface area contributed by atoms with Gasteiger partial charge in [-0.05, 0) is 50.5 Å². The Bertz CT molecular complexity index is 1250. The second-order valence-corrected chi connectivity index (χ2v) is 7.88. The number of rotatable bonds is 11. The standard InChI is InChI=1S/C23H26N8O3/c1-14(2)33-17-5-3-4-15(10-17)6-7-16-11-21(30-29-16)27-20-8-9-25-23(28-20)26-13-18-12-19(22(24)32)31-34-18/h3-5,8-12,14H,6-7,13H2,1-2H3,(H2,24,32)(H3,25,26,27,28,29,30). The number of H-pyrrole nitrogens is 1. The van der Waals surface area contributed by atoms with Crippen LogP contribution in [0.15, 0.2) is 53.2 Å². The van der Waals surface area contributed by atoms with Crippen LogP contribution in [-0.2, 0) is 19.4 Å². The molecule has 0 aliphatic heterocycles. The molecule has 0 atom stereocenters. The van der Waals surface area contributed by atoms with E-state index in [1.165, 1.54) is 11.6 Å². The summed E-state index contributed by atoms with van der Waals surface area (Å²) in [6, 6.07) is 13.3. The third kappa shape index (κ3) is 6.31. The molecule has 0 saturated heterocycles. The van der Waals surface area contributed by atoms with Crippen molar-refractivity contribution in [2.24, 2.45) is 5.73 Å². The zero-order valence-corrected chi connectivity index (χ0v) is 18.9. The average Bonchev–Trinajstić information content (AvgIpc) is 3.46. The third-order valence-corrected chi connectivity index (χ3v) is 4.73. The van der Waals surface area contributed by atoms with Gasteiger partial charge in [-0.1, -0.05) is 17.3 Å². The first-order chi connectivity index (χ1) is 16.4. The summed E-state index contributed by atoms with van der Waals surface area (Å²) in [5, 5.41) is 17.1. The summed E-state index contributed by atoms with van der Waals surface area (Å²) in [5.74, 6) is 2.27. The summed E-state index contributed by atoms with van der Waals surface area (Å²) in [6.45, 7) is 4.28. The second kappa shape index (κ2) is 10.5. The number of ether oxygens (including phenoxy) is 1. The molecular formula is C23H26N8O3. The van der Waals surface area contributed by atoms with E-state index in [2.05, 4.69) is 48.1 Å². The summed E-state index contributed by atoms with van der Waals surface area (Å²) in [4.78, 5) is 19.7. The Balaban J connectivity index is 1.31. The molecule has 5 N–H and O–H groups in total. The Labute approximate surface area is 196 Å². The van der Waals surface area contributed by atoms with Crippen LogP contribution in [0.1, 0.15) is 41.4 Å². The smallest absolute Gasteiger partial charge is 0.270 e. The maximum absolute atomic E-state index is 11.1. The van der Waals surface area contributed by atoms with Gasteiger partial charge in [0.2, 0.25) is 5.95 Å². The molecule has 3 aromatic heterocycles. The van der Waals surface area contributed by atoms with Crippen molar-refractivity contribution in [2.75, 3.05) is 10.6 Å². The van der Waals surface area contributed by atoms with E-state index in [4.69, 9.17) is 15.0 Å². The Morgan fingerprint density at radius 3 is 2.85 bits per heavy atom. The average molecular weight is 463 g/mol. The van der Waals surface area contributed by atoms with Crippen LogP contribution in [-0.4, -0.2) is 37.3 Å². The van der Waals surface area contributed by atoms with Crippen LogP contribution in [0.4, 0.5) is 17.6 Å². The van der Waals surface area contributed by atoms with Crippen LogP contribution >= 0.6 is 0 Å². The summed E-state index contributed by atoms with van der Waals surface area (Å²) < 4.78 is 10.8. The van der Waals surface area contributed by atoms with Gasteiger partial charge >= 0.3 is 0 Å². The van der Waals surface area contributed by atoms with Gasteiger partial charge in [0.25, 0.3) is 5.91 Å². The van der Waals surface area contributed by atoms with Gasteiger partial charge in [0.05, 0.1) is 12.6 Å². The number of nitrogens with one attached hydrogen (secondary N) is 3. The zero-order chi connectivity index (χ0) is 23.9. The van der Waals surface area contributed by atoms with Crippen molar-refractivity contribution in [2.45, 2.75) is 39.3 Å². The highest BCUT2D eigenvalue weighted by Crippen LogP contribution is 2.18. The minimum absolute atomic E-state index is 0.0686. The lowest BCUT2D eigenvalue weighted by Gasteiger charge is -2.10. The fourth-order valence-corrected chi connectivity index (χ4v) is 3.20. The van der Waals surface area contributed by atoms with E-state index in [0.29, 0.717) is 23.3 Å². The van der Waals surface area contributed by atoms with Crippen molar-refractivity contribution in [3.63, 3.8) is 0 Å². The SMILES string of the molecule is CC(C)Oc1cccc(CCc2cc(Nc3ccnc(NCc4cc(C(N)=O)no4)n3)n[nH]2)c1. The number of hydrogen-bond donors (Lipinski definition) is 4. The first kappa shape index (κ1) is 22.8. The molecule has 4 rings (SSSR count). The number of aromatic amines is 1. The highest BCUT2D eigenvalue weighted by atomic mass is 16.5. The number of nitrogens with two attached hydrogens (primary N) is 1. The number of amides is 1. The maximum Gasteiger partial charge on any atom is 0.270 e. The van der Waals surface area contributed by atoms with E-state index in [0.717, 1.165) is 24.3 Å². The van der Waals surface area contributed by atoms with Crippen molar-refractivity contribution in [1.82, 2.24) is 25.3 Å². The number of aryl methyl sites for hydroxylation is 2.